The Kier molecular flexibility index (Phi) is 11.4. The molecule has 1 heterocycles. The van der Waals surface area contributed by atoms with Gasteiger partial charge in [-0.1, -0.05) is 243 Å². The monoisotopic (exact) mass is 993 g/mol. The molecule has 0 bridgehead atoms. The summed E-state index contributed by atoms with van der Waals surface area (Å²) >= 11 is 0. The van der Waals surface area contributed by atoms with Crippen LogP contribution in [0.25, 0.3) is 93.9 Å². The molecule has 77 heavy (non-hydrogen) atoms. The van der Waals surface area contributed by atoms with E-state index in [1.807, 2.05) is 0 Å². The van der Waals surface area contributed by atoms with Gasteiger partial charge < -0.3 is 9.47 Å². The lowest BCUT2D eigenvalue weighted by Gasteiger charge is -2.32. The molecular formula is C75H64N2. The van der Waals surface area contributed by atoms with E-state index in [-0.39, 0.29) is 16.2 Å². The van der Waals surface area contributed by atoms with E-state index in [2.05, 4.69) is 308 Å². The summed E-state index contributed by atoms with van der Waals surface area (Å²) in [4.78, 5) is 2.56. The van der Waals surface area contributed by atoms with Crippen molar-refractivity contribution < 1.29 is 0 Å². The van der Waals surface area contributed by atoms with Gasteiger partial charge in [0.2, 0.25) is 0 Å². The van der Waals surface area contributed by atoms with Crippen molar-refractivity contribution in [3.8, 4) is 61.3 Å². The molecular weight excluding hydrogens is 929 g/mol. The summed E-state index contributed by atoms with van der Waals surface area (Å²) < 4.78 is 2.40. The van der Waals surface area contributed by atoms with Crippen molar-refractivity contribution in [2.75, 3.05) is 4.90 Å². The van der Waals surface area contributed by atoms with Crippen LogP contribution in [0.3, 0.4) is 0 Å². The lowest BCUT2D eigenvalue weighted by Crippen LogP contribution is -2.16. The molecule has 0 amide bonds. The number of para-hydroxylation sites is 5. The molecule has 0 spiro atoms. The first-order valence-electron chi connectivity index (χ1n) is 27.3. The van der Waals surface area contributed by atoms with Gasteiger partial charge in [-0.25, -0.2) is 0 Å². The maximum atomic E-state index is 2.56. The molecule has 0 saturated heterocycles. The Labute approximate surface area is 454 Å². The predicted molar refractivity (Wildman–Crippen MR) is 330 cm³/mol. The summed E-state index contributed by atoms with van der Waals surface area (Å²) in [6.07, 6.45) is 0. The first-order chi connectivity index (χ1) is 37.2. The Balaban J connectivity index is 1.07. The molecule has 0 N–H and O–H groups in total. The van der Waals surface area contributed by atoms with Crippen LogP contribution in [0.1, 0.15) is 77.6 Å². The molecule has 0 saturated carbocycles. The van der Waals surface area contributed by atoms with E-state index in [0.717, 1.165) is 39.4 Å². The predicted octanol–water partition coefficient (Wildman–Crippen LogP) is 21.0. The topological polar surface area (TPSA) is 8.17 Å². The molecule has 0 fully saturated rings. The quantitative estimate of drug-likeness (QED) is 0.147. The van der Waals surface area contributed by atoms with Gasteiger partial charge >= 0.3 is 0 Å². The van der Waals surface area contributed by atoms with Crippen molar-refractivity contribution >= 4 is 49.6 Å². The van der Waals surface area contributed by atoms with Crippen molar-refractivity contribution in [2.45, 2.75) is 71.6 Å². The highest BCUT2D eigenvalue weighted by molar-refractivity contribution is 6.12. The average Bonchev–Trinajstić information content (AvgIpc) is 3.97. The number of rotatable bonds is 8. The third kappa shape index (κ3) is 8.09. The van der Waals surface area contributed by atoms with Gasteiger partial charge in [-0.3, -0.25) is 0 Å². The minimum absolute atomic E-state index is 0.0284. The zero-order valence-electron chi connectivity index (χ0n) is 45.5. The molecule has 1 aromatic heterocycles. The Morgan fingerprint density at radius 1 is 0.338 bits per heavy atom. The number of fused-ring (bicyclic) bond motifs is 7. The molecule has 1 aliphatic carbocycles. The van der Waals surface area contributed by atoms with Gasteiger partial charge in [0.25, 0.3) is 0 Å². The lowest BCUT2D eigenvalue weighted by molar-refractivity contribution is 0.569. The average molecular weight is 993 g/mol. The molecule has 0 atom stereocenters. The number of hydrogen-bond acceptors (Lipinski definition) is 1. The normalized spacial score (nSPS) is 13.0. The zero-order chi connectivity index (χ0) is 52.8. The number of hydrogen-bond donors (Lipinski definition) is 0. The smallest absolute Gasteiger partial charge is 0.0541 e. The third-order valence-electron chi connectivity index (χ3n) is 16.5. The van der Waals surface area contributed by atoms with E-state index in [1.54, 1.807) is 0 Å². The number of benzene rings is 11. The first kappa shape index (κ1) is 48.0. The fourth-order valence-electron chi connectivity index (χ4n) is 12.4. The fraction of sp³-hybridized carbons (Fsp3) is 0.147. The van der Waals surface area contributed by atoms with Gasteiger partial charge in [-0.2, -0.15) is 0 Å². The minimum Gasteiger partial charge on any atom is -0.309 e. The molecule has 2 heteroatoms. The third-order valence-corrected chi connectivity index (χ3v) is 16.5. The van der Waals surface area contributed by atoms with Gasteiger partial charge in [0.05, 0.1) is 28.1 Å². The summed E-state index contributed by atoms with van der Waals surface area (Å²) in [7, 11) is 0. The second-order valence-electron chi connectivity index (χ2n) is 23.7. The summed E-state index contributed by atoms with van der Waals surface area (Å²) in [5, 5.41) is 4.91. The van der Waals surface area contributed by atoms with Crippen LogP contribution in [0.2, 0.25) is 0 Å². The van der Waals surface area contributed by atoms with E-state index in [4.69, 9.17) is 0 Å². The Hall–Kier alpha value is -8.72. The highest BCUT2D eigenvalue weighted by Gasteiger charge is 2.36. The second-order valence-corrected chi connectivity index (χ2v) is 23.7. The lowest BCUT2D eigenvalue weighted by atomic mass is 9.78. The van der Waals surface area contributed by atoms with Crippen molar-refractivity contribution in [1.82, 2.24) is 4.57 Å². The fourth-order valence-corrected chi connectivity index (χ4v) is 12.4. The van der Waals surface area contributed by atoms with Gasteiger partial charge in [0.15, 0.2) is 0 Å². The van der Waals surface area contributed by atoms with E-state index in [0.29, 0.717) is 0 Å². The highest BCUT2D eigenvalue weighted by Crippen LogP contribution is 2.53. The maximum absolute atomic E-state index is 2.56. The van der Waals surface area contributed by atoms with Crippen LogP contribution < -0.4 is 4.90 Å². The molecule has 0 aliphatic heterocycles. The van der Waals surface area contributed by atoms with Crippen molar-refractivity contribution in [1.29, 1.82) is 0 Å². The highest BCUT2D eigenvalue weighted by atomic mass is 15.1. The molecule has 13 rings (SSSR count). The molecule has 12 aromatic rings. The number of nitrogens with zero attached hydrogens (tertiary/aromatic N) is 2. The molecule has 2 nitrogen and oxygen atoms in total. The number of aromatic nitrogens is 1. The van der Waals surface area contributed by atoms with Crippen molar-refractivity contribution in [3.05, 3.63) is 265 Å². The Morgan fingerprint density at radius 2 is 0.831 bits per heavy atom. The van der Waals surface area contributed by atoms with Gasteiger partial charge in [0, 0.05) is 38.6 Å². The maximum Gasteiger partial charge on any atom is 0.0541 e. The second kappa shape index (κ2) is 18.2. The van der Waals surface area contributed by atoms with Crippen LogP contribution >= 0.6 is 0 Å². The SMILES string of the molecule is CC(C)(C)c1cc(-c2cccc3cccc(-c4ccccc4N(c4ccccc4-c4ccc5c(c4)C(C)(C)c4ccccc4-5)c4ccccc4-c4ccc5c(c4)c4ccccc4n5-c4ccccc4)c23)cc(C(C)(C)C)c1. The summed E-state index contributed by atoms with van der Waals surface area (Å²) in [6, 6.07) is 91.0. The number of anilines is 3. The van der Waals surface area contributed by atoms with Crippen LogP contribution in [0.15, 0.2) is 243 Å². The van der Waals surface area contributed by atoms with Crippen LogP contribution in [0.4, 0.5) is 17.1 Å². The summed E-state index contributed by atoms with van der Waals surface area (Å²) in [5.74, 6) is 0. The minimum atomic E-state index is -0.149. The van der Waals surface area contributed by atoms with Crippen LogP contribution in [-0.4, -0.2) is 4.57 Å². The Bertz CT molecular complexity index is 4230. The molecule has 1 aliphatic rings. The molecule has 374 valence electrons. The molecule has 0 radical (unpaired) electrons. The van der Waals surface area contributed by atoms with Gasteiger partial charge in [-0.15, -0.1) is 0 Å². The van der Waals surface area contributed by atoms with Crippen LogP contribution in [0.5, 0.6) is 0 Å². The zero-order valence-corrected chi connectivity index (χ0v) is 45.5. The van der Waals surface area contributed by atoms with E-state index < -0.39 is 0 Å². The first-order valence-corrected chi connectivity index (χ1v) is 27.3. The van der Waals surface area contributed by atoms with Gasteiger partial charge in [-0.05, 0) is 137 Å². The summed E-state index contributed by atoms with van der Waals surface area (Å²) in [5.41, 5.74) is 24.2. The van der Waals surface area contributed by atoms with Crippen molar-refractivity contribution in [3.63, 3.8) is 0 Å². The van der Waals surface area contributed by atoms with Crippen molar-refractivity contribution in [2.24, 2.45) is 0 Å². The largest absolute Gasteiger partial charge is 0.309 e. The van der Waals surface area contributed by atoms with E-state index >= 15 is 0 Å². The standard InChI is InChI=1S/C75H64N2/c1-73(2,3)53-44-52(45-54(48-53)74(4,5)6)58-33-22-24-49-25-23-34-63(72(49)58)61-31-15-21-39-70(61)77(68-37-19-14-29-57(68)51-40-42-60-59-30-12-17-35-65(59)75(7,8)66(60)47-51)67-36-18-13-28-56(67)50-41-43-71-64(46-50)62-32-16-20-38-69(62)76(71)55-26-10-9-11-27-55/h9-48H,1-8H3. The van der Waals surface area contributed by atoms with Crippen LogP contribution in [0, 0.1) is 0 Å². The van der Waals surface area contributed by atoms with E-state index in [1.165, 1.54) is 93.8 Å². The van der Waals surface area contributed by atoms with E-state index in [9.17, 15) is 0 Å². The van der Waals surface area contributed by atoms with Gasteiger partial charge in [0.1, 0.15) is 0 Å². The molecule has 11 aromatic carbocycles. The summed E-state index contributed by atoms with van der Waals surface area (Å²) in [6.45, 7) is 18.7. The Morgan fingerprint density at radius 3 is 1.49 bits per heavy atom. The molecule has 0 unspecified atom stereocenters. The van der Waals surface area contributed by atoms with Crippen LogP contribution in [-0.2, 0) is 16.2 Å².